The van der Waals surface area contributed by atoms with Gasteiger partial charge in [0.15, 0.2) is 15.3 Å². The Kier molecular flexibility index (Phi) is 3.27. The molecule has 0 radical (unpaired) electrons. The largest absolute Gasteiger partial charge is 0.409 e. The molecule has 0 saturated heterocycles. The van der Waals surface area contributed by atoms with Crippen molar-refractivity contribution >= 4 is 29.1 Å². The minimum absolute atomic E-state index is 0.0542. The van der Waals surface area contributed by atoms with Gasteiger partial charge >= 0.3 is 0 Å². The average molecular weight is 254 g/mol. The zero-order valence-electron chi connectivity index (χ0n) is 7.81. The standard InChI is InChI=1S/C7H6N6OS2/c8-5(13-14)4-1-2-9-6(12-4)15-7-10-3-11-16-7/h1-3,14H,(H2,8,13). The number of hydrogen-bond acceptors (Lipinski definition) is 8. The van der Waals surface area contributed by atoms with E-state index < -0.39 is 0 Å². The van der Waals surface area contributed by atoms with Crippen molar-refractivity contribution in [3.05, 3.63) is 24.3 Å². The van der Waals surface area contributed by atoms with E-state index in [1.165, 1.54) is 35.8 Å². The second-order valence-corrected chi connectivity index (χ2v) is 4.51. The minimum atomic E-state index is -0.0542. The maximum absolute atomic E-state index is 8.51. The number of aromatic nitrogens is 4. The number of nitrogens with two attached hydrogens (primary N) is 1. The third-order valence-corrected chi connectivity index (χ3v) is 3.12. The quantitative estimate of drug-likeness (QED) is 0.271. The average Bonchev–Trinajstić information content (AvgIpc) is 2.81. The Morgan fingerprint density at radius 3 is 3.06 bits per heavy atom. The predicted molar refractivity (Wildman–Crippen MR) is 58.6 cm³/mol. The number of amidine groups is 1. The van der Waals surface area contributed by atoms with Gasteiger partial charge in [0.05, 0.1) is 0 Å². The zero-order chi connectivity index (χ0) is 11.4. The summed E-state index contributed by atoms with van der Waals surface area (Å²) in [4.78, 5) is 12.1. The molecule has 0 atom stereocenters. The van der Waals surface area contributed by atoms with E-state index in [2.05, 4.69) is 24.5 Å². The van der Waals surface area contributed by atoms with E-state index in [1.807, 2.05) is 0 Å². The van der Waals surface area contributed by atoms with E-state index in [1.54, 1.807) is 6.07 Å². The lowest BCUT2D eigenvalue weighted by atomic mass is 10.4. The molecule has 7 nitrogen and oxygen atoms in total. The van der Waals surface area contributed by atoms with Crippen molar-refractivity contribution in [2.75, 3.05) is 0 Å². The highest BCUT2D eigenvalue weighted by Gasteiger charge is 2.06. The highest BCUT2D eigenvalue weighted by molar-refractivity contribution is 8.00. The lowest BCUT2D eigenvalue weighted by Crippen LogP contribution is -2.15. The number of oxime groups is 1. The molecule has 0 aliphatic rings. The molecule has 2 rings (SSSR count). The fourth-order valence-electron chi connectivity index (χ4n) is 0.870. The van der Waals surface area contributed by atoms with Crippen molar-refractivity contribution in [3.8, 4) is 0 Å². The van der Waals surface area contributed by atoms with Gasteiger partial charge in [0.25, 0.3) is 0 Å². The summed E-state index contributed by atoms with van der Waals surface area (Å²) in [5.74, 6) is -0.0542. The van der Waals surface area contributed by atoms with Crippen LogP contribution in [0.25, 0.3) is 0 Å². The molecule has 0 saturated carbocycles. The van der Waals surface area contributed by atoms with Gasteiger partial charge in [-0.15, -0.1) is 0 Å². The molecule has 82 valence electrons. The van der Waals surface area contributed by atoms with Crippen LogP contribution in [0.1, 0.15) is 5.69 Å². The van der Waals surface area contributed by atoms with Crippen molar-refractivity contribution in [2.24, 2.45) is 10.9 Å². The van der Waals surface area contributed by atoms with E-state index in [4.69, 9.17) is 10.9 Å². The van der Waals surface area contributed by atoms with E-state index >= 15 is 0 Å². The summed E-state index contributed by atoms with van der Waals surface area (Å²) in [6.07, 6.45) is 2.99. The minimum Gasteiger partial charge on any atom is -0.409 e. The zero-order valence-corrected chi connectivity index (χ0v) is 9.44. The maximum atomic E-state index is 8.51. The molecule has 9 heteroatoms. The van der Waals surface area contributed by atoms with Crippen LogP contribution in [0.3, 0.4) is 0 Å². The van der Waals surface area contributed by atoms with Gasteiger partial charge in [0.1, 0.15) is 12.0 Å². The molecule has 2 heterocycles. The van der Waals surface area contributed by atoms with Crippen molar-refractivity contribution in [2.45, 2.75) is 9.50 Å². The first kappa shape index (κ1) is 10.8. The smallest absolute Gasteiger partial charge is 0.195 e. The summed E-state index contributed by atoms with van der Waals surface area (Å²) in [5, 5.41) is 11.9. The highest BCUT2D eigenvalue weighted by Crippen LogP contribution is 2.24. The Balaban J connectivity index is 2.23. The Morgan fingerprint density at radius 2 is 2.38 bits per heavy atom. The van der Waals surface area contributed by atoms with Crippen LogP contribution in [0.5, 0.6) is 0 Å². The van der Waals surface area contributed by atoms with Crippen LogP contribution in [0.4, 0.5) is 0 Å². The highest BCUT2D eigenvalue weighted by atomic mass is 32.2. The molecule has 0 aliphatic carbocycles. The van der Waals surface area contributed by atoms with Gasteiger partial charge < -0.3 is 10.9 Å². The van der Waals surface area contributed by atoms with Gasteiger partial charge in [0.2, 0.25) is 0 Å². The summed E-state index contributed by atoms with van der Waals surface area (Å²) >= 11 is 2.52. The van der Waals surface area contributed by atoms with Crippen molar-refractivity contribution in [1.82, 2.24) is 19.3 Å². The molecular formula is C7H6N6OS2. The summed E-state index contributed by atoms with van der Waals surface area (Å²) in [7, 11) is 0. The van der Waals surface area contributed by atoms with Crippen LogP contribution in [0.15, 0.2) is 33.2 Å². The molecular weight excluding hydrogens is 248 g/mol. The topological polar surface area (TPSA) is 110 Å². The van der Waals surface area contributed by atoms with Crippen LogP contribution < -0.4 is 5.73 Å². The van der Waals surface area contributed by atoms with E-state index in [-0.39, 0.29) is 5.84 Å². The third-order valence-electron chi connectivity index (χ3n) is 1.52. The van der Waals surface area contributed by atoms with Crippen LogP contribution in [-0.2, 0) is 0 Å². The number of nitrogens with zero attached hydrogens (tertiary/aromatic N) is 5. The van der Waals surface area contributed by atoms with E-state index in [9.17, 15) is 0 Å². The maximum Gasteiger partial charge on any atom is 0.195 e. The van der Waals surface area contributed by atoms with Crippen LogP contribution in [-0.4, -0.2) is 30.4 Å². The third kappa shape index (κ3) is 2.44. The lowest BCUT2D eigenvalue weighted by molar-refractivity contribution is 0.318. The monoisotopic (exact) mass is 254 g/mol. The Labute approximate surface area is 98.6 Å². The van der Waals surface area contributed by atoms with E-state index in [0.29, 0.717) is 10.9 Å². The molecule has 3 N–H and O–H groups in total. The first-order chi connectivity index (χ1) is 7.79. The van der Waals surface area contributed by atoms with Gasteiger partial charge in [0, 0.05) is 6.20 Å². The molecule has 0 unspecified atom stereocenters. The Bertz CT molecular complexity index is 499. The molecule has 0 aliphatic heterocycles. The van der Waals surface area contributed by atoms with Crippen molar-refractivity contribution in [1.29, 1.82) is 0 Å². The first-order valence-corrected chi connectivity index (χ1v) is 5.64. The summed E-state index contributed by atoms with van der Waals surface area (Å²) in [6, 6.07) is 1.55. The Hall–Kier alpha value is -1.74. The molecule has 0 amide bonds. The van der Waals surface area contributed by atoms with Crippen LogP contribution in [0.2, 0.25) is 0 Å². The van der Waals surface area contributed by atoms with Gasteiger partial charge in [-0.25, -0.2) is 15.0 Å². The number of hydrogen-bond donors (Lipinski definition) is 2. The second kappa shape index (κ2) is 4.86. The van der Waals surface area contributed by atoms with Gasteiger partial charge in [-0.1, -0.05) is 5.16 Å². The van der Waals surface area contributed by atoms with Gasteiger partial charge in [-0.3, -0.25) is 0 Å². The van der Waals surface area contributed by atoms with Gasteiger partial charge in [-0.05, 0) is 29.4 Å². The Morgan fingerprint density at radius 1 is 1.50 bits per heavy atom. The summed E-state index contributed by atoms with van der Waals surface area (Å²) in [6.45, 7) is 0. The molecule has 0 bridgehead atoms. The lowest BCUT2D eigenvalue weighted by Gasteiger charge is -1.99. The number of rotatable bonds is 3. The fraction of sp³-hybridized carbons (Fsp3) is 0. The van der Waals surface area contributed by atoms with Crippen molar-refractivity contribution < 1.29 is 5.21 Å². The molecule has 0 fully saturated rings. The van der Waals surface area contributed by atoms with Gasteiger partial charge in [-0.2, -0.15) is 4.37 Å². The predicted octanol–water partition coefficient (Wildman–Crippen LogP) is 0.574. The molecule has 2 aromatic rings. The molecule has 0 aromatic carbocycles. The fourth-order valence-corrected chi connectivity index (χ4v) is 2.16. The van der Waals surface area contributed by atoms with E-state index in [0.717, 1.165) is 4.34 Å². The van der Waals surface area contributed by atoms with Crippen LogP contribution in [0, 0.1) is 0 Å². The normalized spacial score (nSPS) is 11.6. The summed E-state index contributed by atoms with van der Waals surface area (Å²) in [5.41, 5.74) is 5.78. The van der Waals surface area contributed by atoms with Crippen molar-refractivity contribution in [3.63, 3.8) is 0 Å². The SMILES string of the molecule is N/C(=N/O)c1ccnc(Sc2ncns2)n1. The van der Waals surface area contributed by atoms with Crippen LogP contribution >= 0.6 is 23.3 Å². The summed E-state index contributed by atoms with van der Waals surface area (Å²) < 4.78 is 4.59. The second-order valence-electron chi connectivity index (χ2n) is 2.52. The molecule has 16 heavy (non-hydrogen) atoms. The molecule has 2 aromatic heterocycles. The first-order valence-electron chi connectivity index (χ1n) is 4.05. The molecule has 0 spiro atoms.